The molecule has 0 saturated heterocycles. The topological polar surface area (TPSA) is 73.3 Å². The normalized spacial score (nSPS) is 10.2. The minimum Gasteiger partial charge on any atom is -0.496 e. The van der Waals surface area contributed by atoms with Crippen molar-refractivity contribution in [1.29, 1.82) is 0 Å². The largest absolute Gasteiger partial charge is 0.496 e. The number of hydrogen-bond donors (Lipinski definition) is 1. The van der Waals surface area contributed by atoms with Gasteiger partial charge in [0.2, 0.25) is 0 Å². The number of pyridine rings is 2. The zero-order valence-electron chi connectivity index (χ0n) is 14.6. The molecule has 1 amide bonds. The second kappa shape index (κ2) is 8.11. The first kappa shape index (κ1) is 17.4. The highest BCUT2D eigenvalue weighted by Gasteiger charge is 2.17. The average molecular weight is 349 g/mol. The summed E-state index contributed by atoms with van der Waals surface area (Å²) in [6.45, 7) is 0.343. The van der Waals surface area contributed by atoms with E-state index >= 15 is 0 Å². The van der Waals surface area contributed by atoms with Crippen LogP contribution in [0.2, 0.25) is 0 Å². The molecule has 0 aliphatic rings. The van der Waals surface area contributed by atoms with Crippen molar-refractivity contribution in [3.05, 3.63) is 72.1 Å². The van der Waals surface area contributed by atoms with Gasteiger partial charge in [0.15, 0.2) is 0 Å². The van der Waals surface area contributed by atoms with Crippen molar-refractivity contribution in [3.8, 4) is 22.9 Å². The van der Waals surface area contributed by atoms with E-state index in [9.17, 15) is 4.79 Å². The van der Waals surface area contributed by atoms with Crippen LogP contribution in [0.25, 0.3) is 11.4 Å². The first-order valence-electron chi connectivity index (χ1n) is 8.08. The Morgan fingerprint density at radius 2 is 1.65 bits per heavy atom. The van der Waals surface area contributed by atoms with E-state index in [-0.39, 0.29) is 5.91 Å². The first-order valence-corrected chi connectivity index (χ1v) is 8.08. The molecule has 1 N–H and O–H groups in total. The summed E-state index contributed by atoms with van der Waals surface area (Å²) in [5.74, 6) is 0.657. The SMILES string of the molecule is COc1cccc(OC)c1C(=O)NCc1ccc(-c2ccccn2)nc1. The van der Waals surface area contributed by atoms with Crippen LogP contribution in [-0.4, -0.2) is 30.1 Å². The van der Waals surface area contributed by atoms with Crippen LogP contribution in [0.3, 0.4) is 0 Å². The molecule has 132 valence electrons. The highest BCUT2D eigenvalue weighted by molar-refractivity contribution is 5.99. The second-order valence-corrected chi connectivity index (χ2v) is 5.49. The van der Waals surface area contributed by atoms with Crippen LogP contribution < -0.4 is 14.8 Å². The Morgan fingerprint density at radius 3 is 2.23 bits per heavy atom. The number of hydrogen-bond acceptors (Lipinski definition) is 5. The third-order valence-corrected chi connectivity index (χ3v) is 3.86. The van der Waals surface area contributed by atoms with Crippen LogP contribution in [0, 0.1) is 0 Å². The molecule has 26 heavy (non-hydrogen) atoms. The van der Waals surface area contributed by atoms with E-state index in [4.69, 9.17) is 9.47 Å². The molecule has 0 saturated carbocycles. The number of methoxy groups -OCH3 is 2. The number of rotatable bonds is 6. The first-order chi connectivity index (χ1) is 12.7. The van der Waals surface area contributed by atoms with Gasteiger partial charge in [-0.25, -0.2) is 0 Å². The Bertz CT molecular complexity index is 858. The Kier molecular flexibility index (Phi) is 5.43. The molecule has 3 aromatic rings. The van der Waals surface area contributed by atoms with E-state index in [0.29, 0.717) is 23.6 Å². The van der Waals surface area contributed by atoms with Crippen LogP contribution in [0.5, 0.6) is 11.5 Å². The number of benzene rings is 1. The summed E-state index contributed by atoms with van der Waals surface area (Å²) >= 11 is 0. The van der Waals surface area contributed by atoms with Gasteiger partial charge >= 0.3 is 0 Å². The number of nitrogens with zero attached hydrogens (tertiary/aromatic N) is 2. The van der Waals surface area contributed by atoms with Gasteiger partial charge in [-0.1, -0.05) is 18.2 Å². The van der Waals surface area contributed by atoms with Crippen LogP contribution >= 0.6 is 0 Å². The van der Waals surface area contributed by atoms with E-state index in [1.807, 2.05) is 30.3 Å². The van der Waals surface area contributed by atoms with Gasteiger partial charge in [0.1, 0.15) is 17.1 Å². The van der Waals surface area contributed by atoms with Crippen LogP contribution in [-0.2, 0) is 6.54 Å². The fourth-order valence-corrected chi connectivity index (χ4v) is 2.54. The lowest BCUT2D eigenvalue weighted by molar-refractivity contribution is 0.0944. The van der Waals surface area contributed by atoms with E-state index in [1.54, 1.807) is 30.6 Å². The number of aromatic nitrogens is 2. The molecular weight excluding hydrogens is 330 g/mol. The van der Waals surface area contributed by atoms with Gasteiger partial charge < -0.3 is 14.8 Å². The lowest BCUT2D eigenvalue weighted by Crippen LogP contribution is -2.24. The van der Waals surface area contributed by atoms with Gasteiger partial charge in [0, 0.05) is 18.9 Å². The summed E-state index contributed by atoms with van der Waals surface area (Å²) in [6, 6.07) is 14.7. The Hall–Kier alpha value is -3.41. The Balaban J connectivity index is 1.71. The number of ether oxygens (including phenoxy) is 2. The van der Waals surface area contributed by atoms with Crippen LogP contribution in [0.15, 0.2) is 60.9 Å². The molecule has 6 heteroatoms. The van der Waals surface area contributed by atoms with Crippen molar-refractivity contribution in [2.75, 3.05) is 14.2 Å². The molecule has 2 aromatic heterocycles. The minimum absolute atomic E-state index is 0.270. The van der Waals surface area contributed by atoms with Gasteiger partial charge in [-0.2, -0.15) is 0 Å². The zero-order valence-corrected chi connectivity index (χ0v) is 14.6. The third-order valence-electron chi connectivity index (χ3n) is 3.86. The van der Waals surface area contributed by atoms with Gasteiger partial charge in [0.25, 0.3) is 5.91 Å². The summed E-state index contributed by atoms with van der Waals surface area (Å²) in [5.41, 5.74) is 2.84. The molecule has 2 heterocycles. The smallest absolute Gasteiger partial charge is 0.259 e. The van der Waals surface area contributed by atoms with Crippen molar-refractivity contribution >= 4 is 5.91 Å². The van der Waals surface area contributed by atoms with Crippen molar-refractivity contribution < 1.29 is 14.3 Å². The highest BCUT2D eigenvalue weighted by Crippen LogP contribution is 2.28. The van der Waals surface area contributed by atoms with E-state index in [1.165, 1.54) is 14.2 Å². The molecule has 0 atom stereocenters. The molecule has 0 aliphatic carbocycles. The molecule has 1 aromatic carbocycles. The van der Waals surface area contributed by atoms with E-state index < -0.39 is 0 Å². The molecule has 0 aliphatic heterocycles. The van der Waals surface area contributed by atoms with Gasteiger partial charge in [-0.15, -0.1) is 0 Å². The quantitative estimate of drug-likeness (QED) is 0.740. The van der Waals surface area contributed by atoms with E-state index in [0.717, 1.165) is 17.0 Å². The molecule has 0 radical (unpaired) electrons. The summed E-state index contributed by atoms with van der Waals surface area (Å²) in [7, 11) is 3.04. The molecule has 0 unspecified atom stereocenters. The number of amides is 1. The maximum absolute atomic E-state index is 12.6. The van der Waals surface area contributed by atoms with Gasteiger partial charge in [-0.05, 0) is 35.9 Å². The second-order valence-electron chi connectivity index (χ2n) is 5.49. The predicted octanol–water partition coefficient (Wildman–Crippen LogP) is 3.09. The van der Waals surface area contributed by atoms with Crippen LogP contribution in [0.1, 0.15) is 15.9 Å². The predicted molar refractivity (Wildman–Crippen MR) is 98.2 cm³/mol. The molecule has 0 spiro atoms. The fourth-order valence-electron chi connectivity index (χ4n) is 2.54. The molecule has 3 rings (SSSR count). The third kappa shape index (κ3) is 3.80. The molecule has 6 nitrogen and oxygen atoms in total. The lowest BCUT2D eigenvalue weighted by atomic mass is 10.1. The zero-order chi connectivity index (χ0) is 18.4. The summed E-state index contributed by atoms with van der Waals surface area (Å²) in [4.78, 5) is 21.2. The van der Waals surface area contributed by atoms with Crippen molar-refractivity contribution in [2.24, 2.45) is 0 Å². The van der Waals surface area contributed by atoms with Crippen molar-refractivity contribution in [3.63, 3.8) is 0 Å². The number of carbonyl (C=O) groups excluding carboxylic acids is 1. The monoisotopic (exact) mass is 349 g/mol. The van der Waals surface area contributed by atoms with E-state index in [2.05, 4.69) is 15.3 Å². The highest BCUT2D eigenvalue weighted by atomic mass is 16.5. The van der Waals surface area contributed by atoms with Gasteiger partial charge in [-0.3, -0.25) is 14.8 Å². The standard InChI is InChI=1S/C20H19N3O3/c1-25-17-7-5-8-18(26-2)19(17)20(24)23-13-14-9-10-16(22-12-14)15-6-3-4-11-21-15/h3-12H,13H2,1-2H3,(H,23,24). The van der Waals surface area contributed by atoms with Crippen molar-refractivity contribution in [2.45, 2.75) is 6.54 Å². The maximum Gasteiger partial charge on any atom is 0.259 e. The maximum atomic E-state index is 12.6. The minimum atomic E-state index is -0.270. The van der Waals surface area contributed by atoms with Gasteiger partial charge in [0.05, 0.1) is 25.6 Å². The molecule has 0 bridgehead atoms. The van der Waals surface area contributed by atoms with Crippen molar-refractivity contribution in [1.82, 2.24) is 15.3 Å². The van der Waals surface area contributed by atoms with Crippen LogP contribution in [0.4, 0.5) is 0 Å². The number of carbonyl (C=O) groups is 1. The lowest BCUT2D eigenvalue weighted by Gasteiger charge is -2.13. The Morgan fingerprint density at radius 1 is 0.923 bits per heavy atom. The number of nitrogens with one attached hydrogen (secondary N) is 1. The fraction of sp³-hybridized carbons (Fsp3) is 0.150. The summed E-state index contributed by atoms with van der Waals surface area (Å²) < 4.78 is 10.5. The summed E-state index contributed by atoms with van der Waals surface area (Å²) in [6.07, 6.45) is 3.45. The Labute approximate surface area is 151 Å². The average Bonchev–Trinajstić information content (AvgIpc) is 2.72. The summed E-state index contributed by atoms with van der Waals surface area (Å²) in [5, 5.41) is 2.87. The molecular formula is C20H19N3O3. The molecule has 0 fully saturated rings.